The maximum Gasteiger partial charge on any atom is 0.195 e. The molecule has 272 valence electrons. The lowest BCUT2D eigenvalue weighted by molar-refractivity contribution is -0.124. The molecule has 11 rings (SSSR count). The minimum Gasteiger partial charge on any atom is -0.497 e. The molecular formula is C42H36BrN5O6. The van der Waals surface area contributed by atoms with E-state index >= 15 is 0 Å². The van der Waals surface area contributed by atoms with Crippen molar-refractivity contribution < 1.29 is 28.7 Å². The molecule has 3 saturated carbocycles. The standard InChI is InChI=1S/C21H17N3O2.C15H13BrN2O2.C6H6O2/c1-26-12-5-2-10(3-6-12)21-22-9-11-4-7-13-16-18(14-8-15(14)20(16)25)23-19(13)17(11)24-21;1-20-11-5-2-9(3-6-11)15-17-8-10-4-7-12(16)14(19)13(10)18-15;7-5-2-6(8)4-1-3(4)5/h2-3,5-6,9,14-15,23H,4,7-8H2,1H3;2-3,5-6,8,12H,4,7H2,1H3;3-4H,1-2H2. The Bertz CT molecular complexity index is 2350. The molecule has 3 aromatic heterocycles. The SMILES string of the molecule is COc1ccc(-c2ncc3c(n2)-c2[nH]c4c(c2CC3)C(=O)C2CC42)cc1.COc1ccc(-c2ncc3c(n2)C(=O)C(Br)CC3)cc1.O=C1CC(=O)C2CC12. The summed E-state index contributed by atoms with van der Waals surface area (Å²) in [6.45, 7) is 0. The van der Waals surface area contributed by atoms with E-state index in [1.165, 1.54) is 5.56 Å². The molecule has 3 heterocycles. The van der Waals surface area contributed by atoms with Crippen molar-refractivity contribution in [3.63, 3.8) is 0 Å². The number of halogens is 1. The molecule has 11 nitrogen and oxygen atoms in total. The van der Waals surface area contributed by atoms with Crippen molar-refractivity contribution in [2.75, 3.05) is 14.2 Å². The summed E-state index contributed by atoms with van der Waals surface area (Å²) < 4.78 is 10.3. The van der Waals surface area contributed by atoms with E-state index in [2.05, 4.69) is 35.9 Å². The van der Waals surface area contributed by atoms with Crippen LogP contribution in [0.2, 0.25) is 0 Å². The first-order valence-corrected chi connectivity index (χ1v) is 19.2. The van der Waals surface area contributed by atoms with Crippen molar-refractivity contribution in [2.45, 2.75) is 55.7 Å². The fourth-order valence-corrected chi connectivity index (χ4v) is 8.54. The summed E-state index contributed by atoms with van der Waals surface area (Å²) in [5.74, 6) is 4.63. The Morgan fingerprint density at radius 1 is 0.667 bits per heavy atom. The van der Waals surface area contributed by atoms with E-state index in [-0.39, 0.29) is 46.4 Å². The van der Waals surface area contributed by atoms with Crippen LogP contribution in [0.4, 0.5) is 0 Å². The molecule has 0 radical (unpaired) electrons. The van der Waals surface area contributed by atoms with E-state index in [9.17, 15) is 19.2 Å². The van der Waals surface area contributed by atoms with Gasteiger partial charge in [0.2, 0.25) is 0 Å². The number of rotatable bonds is 4. The Morgan fingerprint density at radius 2 is 1.22 bits per heavy atom. The van der Waals surface area contributed by atoms with Gasteiger partial charge >= 0.3 is 0 Å². The van der Waals surface area contributed by atoms with Crippen LogP contribution < -0.4 is 9.47 Å². The smallest absolute Gasteiger partial charge is 0.195 e. The molecule has 0 aliphatic heterocycles. The highest BCUT2D eigenvalue weighted by Crippen LogP contribution is 2.58. The van der Waals surface area contributed by atoms with Crippen LogP contribution in [-0.2, 0) is 28.9 Å². The number of benzene rings is 2. The zero-order valence-electron chi connectivity index (χ0n) is 29.7. The van der Waals surface area contributed by atoms with Gasteiger partial charge in [0.1, 0.15) is 28.8 Å². The molecule has 0 bridgehead atoms. The Hall–Kier alpha value is -5.36. The zero-order valence-corrected chi connectivity index (χ0v) is 31.3. The van der Waals surface area contributed by atoms with Crippen LogP contribution in [-0.4, -0.2) is 67.1 Å². The second-order valence-corrected chi connectivity index (χ2v) is 15.7. The second kappa shape index (κ2) is 13.5. The van der Waals surface area contributed by atoms with Gasteiger partial charge in [-0.05, 0) is 104 Å². The predicted molar refractivity (Wildman–Crippen MR) is 202 cm³/mol. The molecule has 1 N–H and O–H groups in total. The van der Waals surface area contributed by atoms with Crippen molar-refractivity contribution in [1.82, 2.24) is 24.9 Å². The lowest BCUT2D eigenvalue weighted by Crippen LogP contribution is -2.24. The van der Waals surface area contributed by atoms with E-state index < -0.39 is 0 Å². The number of alkyl halides is 1. The van der Waals surface area contributed by atoms with E-state index in [1.54, 1.807) is 20.4 Å². The van der Waals surface area contributed by atoms with Gasteiger partial charge < -0.3 is 14.5 Å². The number of carbonyl (C=O) groups excluding carboxylic acids is 4. The number of H-pyrrole nitrogens is 1. The van der Waals surface area contributed by atoms with Crippen LogP contribution in [0.3, 0.4) is 0 Å². The molecule has 5 unspecified atom stereocenters. The Morgan fingerprint density at radius 3 is 1.76 bits per heavy atom. The maximum atomic E-state index is 12.6. The third-order valence-electron chi connectivity index (χ3n) is 11.3. The van der Waals surface area contributed by atoms with E-state index in [0.717, 1.165) is 94.9 Å². The first kappa shape index (κ1) is 34.4. The molecule has 5 aromatic rings. The molecule has 3 fully saturated rings. The molecule has 0 spiro atoms. The van der Waals surface area contributed by atoms with Crippen LogP contribution in [0.25, 0.3) is 34.2 Å². The number of hydrogen-bond acceptors (Lipinski definition) is 10. The average Bonchev–Trinajstić information content (AvgIpc) is 4.11. The molecule has 54 heavy (non-hydrogen) atoms. The van der Waals surface area contributed by atoms with Crippen molar-refractivity contribution in [1.29, 1.82) is 0 Å². The summed E-state index contributed by atoms with van der Waals surface area (Å²) >= 11 is 3.40. The number of methoxy groups -OCH3 is 2. The van der Waals surface area contributed by atoms with Gasteiger partial charge in [-0.25, -0.2) is 19.9 Å². The largest absolute Gasteiger partial charge is 0.497 e. The van der Waals surface area contributed by atoms with Crippen molar-refractivity contribution in [2.24, 2.45) is 17.8 Å². The van der Waals surface area contributed by atoms with Crippen LogP contribution in [0.1, 0.15) is 74.8 Å². The monoisotopic (exact) mass is 785 g/mol. The number of ether oxygens (including phenoxy) is 2. The fraction of sp³-hybridized carbons (Fsp3) is 0.333. The number of Topliss-reactive ketones (excluding diaryl/α,β-unsaturated/α-hetero) is 4. The number of fused-ring (bicyclic) bond motifs is 9. The number of carbonyl (C=O) groups is 4. The molecule has 2 aromatic carbocycles. The Kier molecular flexibility index (Phi) is 8.60. The summed E-state index contributed by atoms with van der Waals surface area (Å²) in [6.07, 6.45) is 9.21. The van der Waals surface area contributed by atoms with E-state index in [4.69, 9.17) is 14.5 Å². The number of aromatic amines is 1. The summed E-state index contributed by atoms with van der Waals surface area (Å²) in [7, 11) is 3.28. The van der Waals surface area contributed by atoms with Gasteiger partial charge in [0.05, 0.1) is 36.9 Å². The Labute approximate surface area is 319 Å². The molecule has 0 amide bonds. The van der Waals surface area contributed by atoms with Gasteiger partial charge in [0, 0.05) is 58.4 Å². The first-order chi connectivity index (χ1) is 26.2. The van der Waals surface area contributed by atoms with Gasteiger partial charge in [-0.3, -0.25) is 19.2 Å². The maximum absolute atomic E-state index is 12.6. The minimum absolute atomic E-state index is 0.0448. The third-order valence-corrected chi connectivity index (χ3v) is 12.2. The fourth-order valence-electron chi connectivity index (χ4n) is 8.09. The summed E-state index contributed by atoms with van der Waals surface area (Å²) in [4.78, 5) is 67.6. The van der Waals surface area contributed by atoms with Crippen molar-refractivity contribution in [3.05, 3.63) is 94.6 Å². The number of aromatic nitrogens is 5. The van der Waals surface area contributed by atoms with Crippen LogP contribution in [0.5, 0.6) is 11.5 Å². The highest BCUT2D eigenvalue weighted by atomic mass is 79.9. The number of aryl methyl sites for hydroxylation is 2. The van der Waals surface area contributed by atoms with Crippen molar-refractivity contribution in [3.8, 4) is 45.7 Å². The average molecular weight is 787 g/mol. The summed E-state index contributed by atoms with van der Waals surface area (Å²) in [5, 5.41) is 0. The van der Waals surface area contributed by atoms with E-state index in [0.29, 0.717) is 29.0 Å². The number of ketones is 4. The summed E-state index contributed by atoms with van der Waals surface area (Å²) in [6, 6.07) is 15.3. The molecular weight excluding hydrogens is 750 g/mol. The van der Waals surface area contributed by atoms with Gasteiger partial charge in [-0.15, -0.1) is 0 Å². The van der Waals surface area contributed by atoms with Gasteiger partial charge in [-0.1, -0.05) is 15.9 Å². The van der Waals surface area contributed by atoms with Gasteiger partial charge in [-0.2, -0.15) is 0 Å². The molecule has 5 atom stereocenters. The van der Waals surface area contributed by atoms with Crippen molar-refractivity contribution >= 4 is 39.1 Å². The minimum atomic E-state index is -0.131. The quantitative estimate of drug-likeness (QED) is 0.153. The zero-order chi connectivity index (χ0) is 37.2. The van der Waals surface area contributed by atoms with Gasteiger partial charge in [0.15, 0.2) is 23.2 Å². The number of nitrogens with zero attached hydrogens (tertiary/aromatic N) is 4. The summed E-state index contributed by atoms with van der Waals surface area (Å²) in [5.41, 5.74) is 9.73. The normalized spacial score (nSPS) is 23.3. The Balaban J connectivity index is 0.000000121. The van der Waals surface area contributed by atoms with Gasteiger partial charge in [0.25, 0.3) is 0 Å². The van der Waals surface area contributed by atoms with Crippen LogP contribution in [0.15, 0.2) is 60.9 Å². The molecule has 6 aliphatic rings. The lowest BCUT2D eigenvalue weighted by Gasteiger charge is -2.18. The highest BCUT2D eigenvalue weighted by molar-refractivity contribution is 9.10. The molecule has 12 heteroatoms. The molecule has 6 aliphatic carbocycles. The highest BCUT2D eigenvalue weighted by Gasteiger charge is 2.55. The van der Waals surface area contributed by atoms with E-state index in [1.807, 2.05) is 54.7 Å². The second-order valence-electron chi connectivity index (χ2n) is 14.6. The van der Waals surface area contributed by atoms with Crippen LogP contribution in [0, 0.1) is 17.8 Å². The number of nitrogens with one attached hydrogen (secondary N) is 1. The first-order valence-electron chi connectivity index (χ1n) is 18.3. The topological polar surface area (TPSA) is 154 Å². The van der Waals surface area contributed by atoms with Crippen LogP contribution >= 0.6 is 15.9 Å². The third kappa shape index (κ3) is 6.06. The predicted octanol–water partition coefficient (Wildman–Crippen LogP) is 6.75. The molecule has 0 saturated heterocycles. The number of hydrogen-bond donors (Lipinski definition) is 1. The lowest BCUT2D eigenvalue weighted by atomic mass is 9.91.